The highest BCUT2D eigenvalue weighted by molar-refractivity contribution is 8.04. The Morgan fingerprint density at radius 2 is 1.70 bits per heavy atom. The number of methoxy groups -OCH3 is 1. The SMILES string of the molecule is COc1cc(C#N)ccc1S(=O)(=O)NS(=O)(=O)c1ccc2c(c1)OCCO2. The van der Waals surface area contributed by atoms with E-state index in [0.717, 1.165) is 6.07 Å². The van der Waals surface area contributed by atoms with Crippen molar-refractivity contribution in [1.82, 2.24) is 4.13 Å². The number of nitriles is 1. The molecule has 142 valence electrons. The van der Waals surface area contributed by atoms with Crippen LogP contribution in [0.25, 0.3) is 0 Å². The smallest absolute Gasteiger partial charge is 0.257 e. The van der Waals surface area contributed by atoms with Crippen molar-refractivity contribution < 1.29 is 31.0 Å². The summed E-state index contributed by atoms with van der Waals surface area (Å²) in [5, 5.41) is 8.89. The van der Waals surface area contributed by atoms with Gasteiger partial charge in [-0.1, -0.05) is 0 Å². The van der Waals surface area contributed by atoms with Crippen LogP contribution in [-0.2, 0) is 20.0 Å². The highest BCUT2D eigenvalue weighted by Crippen LogP contribution is 2.33. The van der Waals surface area contributed by atoms with E-state index in [1.807, 2.05) is 6.07 Å². The molecule has 0 fully saturated rings. The third-order valence-corrected chi connectivity index (χ3v) is 7.17. The monoisotopic (exact) mass is 410 g/mol. The molecule has 0 unspecified atom stereocenters. The number of nitrogens with zero attached hydrogens (tertiary/aromatic N) is 1. The highest BCUT2D eigenvalue weighted by Gasteiger charge is 2.28. The van der Waals surface area contributed by atoms with Crippen molar-refractivity contribution in [3.8, 4) is 23.3 Å². The van der Waals surface area contributed by atoms with Crippen LogP contribution in [0.2, 0.25) is 0 Å². The molecule has 0 spiro atoms. The second-order valence-corrected chi connectivity index (χ2v) is 8.96. The quantitative estimate of drug-likeness (QED) is 0.772. The Balaban J connectivity index is 1.97. The molecule has 0 aromatic heterocycles. The molecule has 2 aromatic rings. The van der Waals surface area contributed by atoms with Gasteiger partial charge in [-0.3, -0.25) is 0 Å². The van der Waals surface area contributed by atoms with E-state index in [1.54, 1.807) is 4.13 Å². The van der Waals surface area contributed by atoms with Crippen LogP contribution in [0, 0.1) is 11.3 Å². The van der Waals surface area contributed by atoms with Crippen molar-refractivity contribution in [2.75, 3.05) is 20.3 Å². The molecule has 9 nitrogen and oxygen atoms in total. The van der Waals surface area contributed by atoms with E-state index in [-0.39, 0.29) is 28.6 Å². The van der Waals surface area contributed by atoms with Gasteiger partial charge in [0.05, 0.1) is 23.6 Å². The minimum atomic E-state index is -4.50. The van der Waals surface area contributed by atoms with Crippen molar-refractivity contribution in [1.29, 1.82) is 5.26 Å². The summed E-state index contributed by atoms with van der Waals surface area (Å²) >= 11 is 0. The topological polar surface area (TPSA) is 132 Å². The van der Waals surface area contributed by atoms with Crippen molar-refractivity contribution in [2.24, 2.45) is 0 Å². The van der Waals surface area contributed by atoms with E-state index in [0.29, 0.717) is 12.4 Å². The number of hydrogen-bond acceptors (Lipinski definition) is 8. The van der Waals surface area contributed by atoms with E-state index in [1.165, 1.54) is 37.4 Å². The molecule has 0 bridgehead atoms. The molecular formula is C16H14N2O7S2. The fourth-order valence-corrected chi connectivity index (χ4v) is 5.45. The van der Waals surface area contributed by atoms with Crippen molar-refractivity contribution >= 4 is 20.0 Å². The summed E-state index contributed by atoms with van der Waals surface area (Å²) < 4.78 is 67.5. The Morgan fingerprint density at radius 1 is 1.00 bits per heavy atom. The first kappa shape index (κ1) is 19.0. The second-order valence-electron chi connectivity index (χ2n) is 5.37. The minimum absolute atomic E-state index is 0.154. The van der Waals surface area contributed by atoms with Crippen molar-refractivity contribution in [3.63, 3.8) is 0 Å². The minimum Gasteiger partial charge on any atom is -0.495 e. The number of ether oxygens (including phenoxy) is 3. The van der Waals surface area contributed by atoms with Crippen LogP contribution in [0.4, 0.5) is 0 Å². The molecule has 2 aromatic carbocycles. The molecule has 0 atom stereocenters. The molecule has 1 heterocycles. The van der Waals surface area contributed by atoms with Gasteiger partial charge in [0.15, 0.2) is 11.5 Å². The molecule has 0 saturated heterocycles. The molecule has 0 saturated carbocycles. The maximum Gasteiger partial charge on any atom is 0.257 e. The lowest BCUT2D eigenvalue weighted by Gasteiger charge is -2.19. The number of benzene rings is 2. The Morgan fingerprint density at radius 3 is 2.37 bits per heavy atom. The Labute approximate surface area is 156 Å². The largest absolute Gasteiger partial charge is 0.495 e. The maximum absolute atomic E-state index is 12.6. The predicted octanol–water partition coefficient (Wildman–Crippen LogP) is 1.01. The van der Waals surface area contributed by atoms with Gasteiger partial charge in [-0.25, -0.2) is 16.8 Å². The lowest BCUT2D eigenvalue weighted by molar-refractivity contribution is 0.171. The molecule has 11 heteroatoms. The molecule has 0 aliphatic carbocycles. The van der Waals surface area contributed by atoms with Gasteiger partial charge < -0.3 is 14.2 Å². The number of rotatable bonds is 5. The molecule has 0 radical (unpaired) electrons. The second kappa shape index (κ2) is 7.07. The molecule has 0 amide bonds. The van der Waals surface area contributed by atoms with E-state index >= 15 is 0 Å². The molecule has 1 aliphatic heterocycles. The Bertz CT molecular complexity index is 1140. The first-order chi connectivity index (χ1) is 12.8. The van der Waals surface area contributed by atoms with Crippen LogP contribution >= 0.6 is 0 Å². The third-order valence-electron chi connectivity index (χ3n) is 3.63. The third kappa shape index (κ3) is 3.82. The van der Waals surface area contributed by atoms with E-state index in [9.17, 15) is 16.8 Å². The fourth-order valence-electron chi connectivity index (χ4n) is 2.39. The predicted molar refractivity (Wildman–Crippen MR) is 92.6 cm³/mol. The number of nitrogens with one attached hydrogen (secondary N) is 1. The van der Waals surface area contributed by atoms with Crippen LogP contribution in [0.5, 0.6) is 17.2 Å². The summed E-state index contributed by atoms with van der Waals surface area (Å²) in [4.78, 5) is -0.715. The average Bonchev–Trinajstić information content (AvgIpc) is 2.66. The number of fused-ring (bicyclic) bond motifs is 1. The highest BCUT2D eigenvalue weighted by atomic mass is 32.3. The van der Waals surface area contributed by atoms with Gasteiger partial charge in [-0.05, 0) is 30.3 Å². The summed E-state index contributed by atoms with van der Waals surface area (Å²) in [5.41, 5.74) is 0.167. The molecule has 1 aliphatic rings. The van der Waals surface area contributed by atoms with Crippen molar-refractivity contribution in [3.05, 3.63) is 42.0 Å². The Hall–Kier alpha value is -2.81. The zero-order valence-electron chi connectivity index (χ0n) is 14.0. The first-order valence-corrected chi connectivity index (χ1v) is 10.5. The summed E-state index contributed by atoms with van der Waals surface area (Å²) in [6.45, 7) is 0.592. The lowest BCUT2D eigenvalue weighted by Crippen LogP contribution is -2.31. The zero-order valence-corrected chi connectivity index (χ0v) is 15.6. The lowest BCUT2D eigenvalue weighted by atomic mass is 10.2. The molecule has 27 heavy (non-hydrogen) atoms. The van der Waals surface area contributed by atoms with E-state index < -0.39 is 24.9 Å². The van der Waals surface area contributed by atoms with Crippen LogP contribution in [-0.4, -0.2) is 37.2 Å². The summed E-state index contributed by atoms with van der Waals surface area (Å²) in [7, 11) is -7.72. The Kier molecular flexibility index (Phi) is 4.97. The fraction of sp³-hybridized carbons (Fsp3) is 0.188. The zero-order chi connectivity index (χ0) is 19.7. The average molecular weight is 410 g/mol. The molecule has 3 rings (SSSR count). The number of sulfonamides is 2. The molecular weight excluding hydrogens is 396 g/mol. The summed E-state index contributed by atoms with van der Waals surface area (Å²) in [5.74, 6) is 0.424. The first-order valence-electron chi connectivity index (χ1n) is 7.53. The molecule has 1 N–H and O–H groups in total. The van der Waals surface area contributed by atoms with Gasteiger partial charge in [-0.15, -0.1) is 4.13 Å². The van der Waals surface area contributed by atoms with Gasteiger partial charge in [0, 0.05) is 6.07 Å². The van der Waals surface area contributed by atoms with Gasteiger partial charge in [0.1, 0.15) is 23.9 Å². The summed E-state index contributed by atoms with van der Waals surface area (Å²) in [6.07, 6.45) is 0. The number of hydrogen-bond donors (Lipinski definition) is 1. The van der Waals surface area contributed by atoms with Crippen molar-refractivity contribution in [2.45, 2.75) is 9.79 Å². The van der Waals surface area contributed by atoms with E-state index in [4.69, 9.17) is 19.5 Å². The summed E-state index contributed by atoms with van der Waals surface area (Å²) in [6, 6.07) is 9.16. The van der Waals surface area contributed by atoms with Gasteiger partial charge >= 0.3 is 0 Å². The van der Waals surface area contributed by atoms with Crippen LogP contribution in [0.1, 0.15) is 5.56 Å². The van der Waals surface area contributed by atoms with Gasteiger partial charge in [0.2, 0.25) is 0 Å². The maximum atomic E-state index is 12.6. The normalized spacial score (nSPS) is 13.6. The standard InChI is InChI=1S/C16H14N2O7S2/c1-23-15-8-11(10-17)2-5-16(15)27(21,22)18-26(19,20)12-3-4-13-14(9-12)25-7-6-24-13/h2-5,8-9,18H,6-7H2,1H3. The van der Waals surface area contributed by atoms with Gasteiger partial charge in [-0.2, -0.15) is 5.26 Å². The van der Waals surface area contributed by atoms with E-state index in [2.05, 4.69) is 0 Å². The van der Waals surface area contributed by atoms with Crippen LogP contribution in [0.3, 0.4) is 0 Å². The van der Waals surface area contributed by atoms with Gasteiger partial charge in [0.25, 0.3) is 20.0 Å². The van der Waals surface area contributed by atoms with Crippen LogP contribution < -0.4 is 18.3 Å². The van der Waals surface area contributed by atoms with Crippen LogP contribution in [0.15, 0.2) is 46.2 Å².